The predicted octanol–water partition coefficient (Wildman–Crippen LogP) is 3.29. The van der Waals surface area contributed by atoms with Crippen molar-refractivity contribution < 1.29 is 13.2 Å². The zero-order valence-electron chi connectivity index (χ0n) is 18.7. The van der Waals surface area contributed by atoms with Crippen molar-refractivity contribution in [3.05, 3.63) is 53.9 Å². The van der Waals surface area contributed by atoms with Crippen LogP contribution in [0.4, 0.5) is 5.69 Å². The molecule has 0 bridgehead atoms. The number of hydrogen-bond donors (Lipinski definition) is 1. The third-order valence-corrected chi connectivity index (χ3v) is 8.34. The molecule has 0 atom stereocenters. The van der Waals surface area contributed by atoms with Gasteiger partial charge in [-0.05, 0) is 63.3 Å². The zero-order valence-corrected chi connectivity index (χ0v) is 20.3. The number of nitrogens with zero attached hydrogens (tertiary/aromatic N) is 4. The number of carbonyl (C=O) groups is 1. The number of benzene rings is 1. The fourth-order valence-corrected chi connectivity index (χ4v) is 5.98. The van der Waals surface area contributed by atoms with Gasteiger partial charge in [-0.3, -0.25) is 4.79 Å². The van der Waals surface area contributed by atoms with Crippen molar-refractivity contribution in [2.45, 2.75) is 24.3 Å². The van der Waals surface area contributed by atoms with Crippen molar-refractivity contribution in [3.8, 4) is 0 Å². The van der Waals surface area contributed by atoms with Crippen LogP contribution < -0.4 is 5.32 Å². The zero-order chi connectivity index (χ0) is 23.6. The lowest BCUT2D eigenvalue weighted by atomic mass is 9.97. The average Bonchev–Trinajstić information content (AvgIpc) is 3.20. The van der Waals surface area contributed by atoms with Gasteiger partial charge in [-0.2, -0.15) is 4.31 Å². The first-order valence-electron chi connectivity index (χ1n) is 10.9. The Kier molecular flexibility index (Phi) is 7.04. The molecule has 176 valence electrons. The molecule has 0 saturated carbocycles. The highest BCUT2D eigenvalue weighted by Crippen LogP contribution is 2.28. The number of fused-ring (bicyclic) bond motifs is 1. The molecule has 3 aromatic rings. The smallest absolute Gasteiger partial charge is 0.246 e. The van der Waals surface area contributed by atoms with Gasteiger partial charge in [0.1, 0.15) is 10.0 Å². The normalized spacial score (nSPS) is 15.9. The van der Waals surface area contributed by atoms with Gasteiger partial charge in [0.2, 0.25) is 15.9 Å². The summed E-state index contributed by atoms with van der Waals surface area (Å²) in [5, 5.41) is 4.03. The Balaban J connectivity index is 1.37. The highest BCUT2D eigenvalue weighted by atomic mass is 35.5. The minimum atomic E-state index is -3.73. The number of hydrogen-bond acceptors (Lipinski definition) is 5. The molecule has 0 unspecified atom stereocenters. The van der Waals surface area contributed by atoms with Gasteiger partial charge in [0.25, 0.3) is 0 Å². The van der Waals surface area contributed by atoms with Crippen LogP contribution in [0.1, 0.15) is 12.8 Å². The maximum Gasteiger partial charge on any atom is 0.246 e. The third kappa shape index (κ3) is 5.22. The van der Waals surface area contributed by atoms with Crippen molar-refractivity contribution in [3.63, 3.8) is 0 Å². The van der Waals surface area contributed by atoms with Gasteiger partial charge in [-0.1, -0.05) is 11.6 Å². The molecule has 1 aliphatic rings. The SMILES string of the molecule is CN(C)CCn1ccc2cc(NC(=O)C3CCN(S(=O)(=O)c4cccnc4Cl)CC3)ccc21. The van der Waals surface area contributed by atoms with E-state index in [1.807, 2.05) is 38.4 Å². The topological polar surface area (TPSA) is 87.5 Å². The van der Waals surface area contributed by atoms with Gasteiger partial charge < -0.3 is 14.8 Å². The summed E-state index contributed by atoms with van der Waals surface area (Å²) in [5.74, 6) is -0.334. The van der Waals surface area contributed by atoms with Crippen LogP contribution in [0.15, 0.2) is 53.7 Å². The fourth-order valence-electron chi connectivity index (χ4n) is 4.09. The number of carbonyl (C=O) groups excluding carboxylic acids is 1. The highest BCUT2D eigenvalue weighted by molar-refractivity contribution is 7.89. The molecular formula is C23H28ClN5O3S. The molecule has 1 fully saturated rings. The molecule has 3 heterocycles. The summed E-state index contributed by atoms with van der Waals surface area (Å²) in [6.45, 7) is 2.37. The van der Waals surface area contributed by atoms with Crippen LogP contribution >= 0.6 is 11.6 Å². The summed E-state index contributed by atoms with van der Waals surface area (Å²) in [7, 11) is 0.367. The maximum atomic E-state index is 12.9. The average molecular weight is 490 g/mol. The van der Waals surface area contributed by atoms with Crippen LogP contribution in [-0.2, 0) is 21.4 Å². The number of piperidine rings is 1. The van der Waals surface area contributed by atoms with Crippen molar-refractivity contribution >= 4 is 44.1 Å². The molecular weight excluding hydrogens is 462 g/mol. The molecule has 0 radical (unpaired) electrons. The molecule has 1 saturated heterocycles. The second-order valence-electron chi connectivity index (χ2n) is 8.55. The predicted molar refractivity (Wildman–Crippen MR) is 130 cm³/mol. The summed E-state index contributed by atoms with van der Waals surface area (Å²) in [6, 6.07) is 11.0. The van der Waals surface area contributed by atoms with Gasteiger partial charge in [-0.25, -0.2) is 13.4 Å². The summed E-state index contributed by atoms with van der Waals surface area (Å²) >= 11 is 5.99. The molecule has 1 aromatic carbocycles. The van der Waals surface area contributed by atoms with Crippen molar-refractivity contribution in [2.24, 2.45) is 5.92 Å². The lowest BCUT2D eigenvalue weighted by Crippen LogP contribution is -2.41. The van der Waals surface area contributed by atoms with E-state index >= 15 is 0 Å². The molecule has 10 heteroatoms. The number of amides is 1. The number of nitrogens with one attached hydrogen (secondary N) is 1. The van der Waals surface area contributed by atoms with E-state index < -0.39 is 10.0 Å². The second-order valence-corrected chi connectivity index (χ2v) is 10.8. The number of rotatable bonds is 7. The Morgan fingerprint density at radius 1 is 1.21 bits per heavy atom. The highest BCUT2D eigenvalue weighted by Gasteiger charge is 2.33. The number of halogens is 1. The van der Waals surface area contributed by atoms with Crippen LogP contribution in [0.25, 0.3) is 10.9 Å². The lowest BCUT2D eigenvalue weighted by Gasteiger charge is -2.30. The molecule has 33 heavy (non-hydrogen) atoms. The number of likely N-dealkylation sites (N-methyl/N-ethyl adjacent to an activating group) is 1. The van der Waals surface area contributed by atoms with E-state index in [0.717, 1.165) is 29.7 Å². The molecule has 0 aliphatic carbocycles. The Hall–Kier alpha value is -2.46. The molecule has 4 rings (SSSR count). The molecule has 0 spiro atoms. The van der Waals surface area contributed by atoms with Crippen LogP contribution in [-0.4, -0.2) is 66.8 Å². The molecule has 8 nitrogen and oxygen atoms in total. The second kappa shape index (κ2) is 9.80. The maximum absolute atomic E-state index is 12.9. The van der Waals surface area contributed by atoms with Crippen LogP contribution in [0.2, 0.25) is 5.15 Å². The molecule has 2 aromatic heterocycles. The monoisotopic (exact) mass is 489 g/mol. The van der Waals surface area contributed by atoms with Crippen LogP contribution in [0.3, 0.4) is 0 Å². The quantitative estimate of drug-likeness (QED) is 0.514. The third-order valence-electron chi connectivity index (χ3n) is 5.99. The Morgan fingerprint density at radius 2 is 1.97 bits per heavy atom. The summed E-state index contributed by atoms with van der Waals surface area (Å²) < 4.78 is 29.3. The van der Waals surface area contributed by atoms with E-state index in [-0.39, 0.29) is 35.0 Å². The van der Waals surface area contributed by atoms with E-state index in [1.165, 1.54) is 16.6 Å². The Labute approximate surface area is 199 Å². The van der Waals surface area contributed by atoms with Gasteiger partial charge in [0.15, 0.2) is 0 Å². The van der Waals surface area contributed by atoms with Gasteiger partial charge in [0, 0.05) is 61.1 Å². The summed E-state index contributed by atoms with van der Waals surface area (Å²) in [5.41, 5.74) is 1.87. The van der Waals surface area contributed by atoms with Crippen molar-refractivity contribution in [2.75, 3.05) is 39.0 Å². The minimum Gasteiger partial charge on any atom is -0.346 e. The first-order valence-corrected chi connectivity index (χ1v) is 12.7. The van der Waals surface area contributed by atoms with E-state index in [0.29, 0.717) is 12.8 Å². The van der Waals surface area contributed by atoms with Gasteiger partial charge in [0.05, 0.1) is 0 Å². The number of anilines is 1. The van der Waals surface area contributed by atoms with Gasteiger partial charge in [-0.15, -0.1) is 0 Å². The van der Waals surface area contributed by atoms with Crippen LogP contribution in [0, 0.1) is 5.92 Å². The molecule has 1 aliphatic heterocycles. The first-order chi connectivity index (χ1) is 15.8. The van der Waals surface area contributed by atoms with Crippen molar-refractivity contribution in [1.29, 1.82) is 0 Å². The lowest BCUT2D eigenvalue weighted by molar-refractivity contribution is -0.120. The summed E-state index contributed by atoms with van der Waals surface area (Å²) in [6.07, 6.45) is 4.41. The summed E-state index contributed by atoms with van der Waals surface area (Å²) in [4.78, 5) is 18.9. The molecule has 1 amide bonds. The van der Waals surface area contributed by atoms with Gasteiger partial charge >= 0.3 is 0 Å². The van der Waals surface area contributed by atoms with E-state index in [1.54, 1.807) is 6.07 Å². The van der Waals surface area contributed by atoms with E-state index in [4.69, 9.17) is 11.6 Å². The van der Waals surface area contributed by atoms with Crippen molar-refractivity contribution in [1.82, 2.24) is 18.8 Å². The fraction of sp³-hybridized carbons (Fsp3) is 0.391. The Morgan fingerprint density at radius 3 is 2.67 bits per heavy atom. The minimum absolute atomic E-state index is 0.000361. The number of sulfonamides is 1. The van der Waals surface area contributed by atoms with E-state index in [2.05, 4.69) is 26.0 Å². The Bertz CT molecular complexity index is 1250. The number of aromatic nitrogens is 2. The largest absolute Gasteiger partial charge is 0.346 e. The number of pyridine rings is 1. The van der Waals surface area contributed by atoms with E-state index in [9.17, 15) is 13.2 Å². The standard InChI is InChI=1S/C23H28ClN5O3S/c1-27(2)14-15-28-11-7-18-16-19(5-6-20(18)28)26-23(30)17-8-12-29(13-9-17)33(31,32)21-4-3-10-25-22(21)24/h3-7,10-11,16-17H,8-9,12-15H2,1-2H3,(H,26,30). The first kappa shape index (κ1) is 23.7. The molecule has 1 N–H and O–H groups in total. The van der Waals surface area contributed by atoms with Crippen LogP contribution in [0.5, 0.6) is 0 Å².